The van der Waals surface area contributed by atoms with Crippen LogP contribution >= 0.6 is 0 Å². The molecule has 2 aromatic rings. The van der Waals surface area contributed by atoms with Gasteiger partial charge in [0.05, 0.1) is 26.0 Å². The zero-order chi connectivity index (χ0) is 19.3. The van der Waals surface area contributed by atoms with Crippen LogP contribution < -0.4 is 14.8 Å². The van der Waals surface area contributed by atoms with Gasteiger partial charge >= 0.3 is 0 Å². The lowest BCUT2D eigenvalue weighted by Gasteiger charge is -2.33. The number of hydrogen-bond acceptors (Lipinski definition) is 6. The van der Waals surface area contributed by atoms with Crippen LogP contribution in [0.15, 0.2) is 41.0 Å². The molecule has 1 fully saturated rings. The molecule has 1 N–H and O–H groups in total. The summed E-state index contributed by atoms with van der Waals surface area (Å²) in [5.74, 6) is 1.50. The Morgan fingerprint density at radius 1 is 1.00 bits per heavy atom. The fourth-order valence-corrected chi connectivity index (χ4v) is 3.31. The summed E-state index contributed by atoms with van der Waals surface area (Å²) in [4.78, 5) is 28.5. The number of amides is 2. The molecule has 0 spiro atoms. The summed E-state index contributed by atoms with van der Waals surface area (Å²) in [6.07, 6.45) is 2.33. The second-order valence-corrected chi connectivity index (χ2v) is 6.81. The molecule has 28 heavy (non-hydrogen) atoms. The maximum Gasteiger partial charge on any atom is 0.289 e. The number of nitrogens with one attached hydrogen (secondary N) is 1. The molecule has 2 amide bonds. The Labute approximate surface area is 163 Å². The van der Waals surface area contributed by atoms with Crippen LogP contribution in [0.25, 0.3) is 0 Å². The highest BCUT2D eigenvalue weighted by Gasteiger charge is 2.24. The number of nitrogens with zero attached hydrogens (tertiary/aromatic N) is 2. The lowest BCUT2D eigenvalue weighted by atomic mass is 10.2. The summed E-state index contributed by atoms with van der Waals surface area (Å²) in [6, 6.07) is 8.78. The molecule has 1 saturated heterocycles. The van der Waals surface area contributed by atoms with Crippen LogP contribution in [0.1, 0.15) is 17.0 Å². The van der Waals surface area contributed by atoms with E-state index in [-0.39, 0.29) is 18.4 Å². The number of anilines is 1. The van der Waals surface area contributed by atoms with Crippen molar-refractivity contribution < 1.29 is 23.5 Å². The maximum atomic E-state index is 12.4. The van der Waals surface area contributed by atoms with Gasteiger partial charge in [0.15, 0.2) is 17.3 Å². The van der Waals surface area contributed by atoms with Crippen molar-refractivity contribution in [2.45, 2.75) is 6.42 Å². The fourth-order valence-electron chi connectivity index (χ4n) is 3.31. The van der Waals surface area contributed by atoms with Crippen LogP contribution in [0.2, 0.25) is 0 Å². The number of carbonyl (C=O) groups is 2. The molecular formula is C20H23N3O5. The number of piperazine rings is 1. The summed E-state index contributed by atoms with van der Waals surface area (Å²) in [5.41, 5.74) is 0.681. The van der Waals surface area contributed by atoms with E-state index in [1.54, 1.807) is 23.1 Å². The Morgan fingerprint density at radius 2 is 1.79 bits per heavy atom. The lowest BCUT2D eigenvalue weighted by Crippen LogP contribution is -2.50. The molecule has 0 radical (unpaired) electrons. The van der Waals surface area contributed by atoms with Crippen molar-refractivity contribution in [1.82, 2.24) is 9.80 Å². The van der Waals surface area contributed by atoms with Gasteiger partial charge in [-0.15, -0.1) is 0 Å². The van der Waals surface area contributed by atoms with E-state index in [1.807, 2.05) is 17.0 Å². The van der Waals surface area contributed by atoms with Crippen molar-refractivity contribution in [3.05, 3.63) is 42.4 Å². The highest BCUT2D eigenvalue weighted by atomic mass is 16.5. The molecule has 0 bridgehead atoms. The second kappa shape index (κ2) is 8.35. The Hall–Kier alpha value is -3.00. The predicted octanol–water partition coefficient (Wildman–Crippen LogP) is 1.84. The van der Waals surface area contributed by atoms with Crippen molar-refractivity contribution in [3.8, 4) is 11.5 Å². The van der Waals surface area contributed by atoms with Gasteiger partial charge < -0.3 is 24.1 Å². The quantitative estimate of drug-likeness (QED) is 0.865. The molecule has 148 valence electrons. The first-order valence-corrected chi connectivity index (χ1v) is 9.44. The molecule has 0 unspecified atom stereocenters. The van der Waals surface area contributed by atoms with Crippen molar-refractivity contribution >= 4 is 17.5 Å². The van der Waals surface area contributed by atoms with Gasteiger partial charge in [0.25, 0.3) is 5.91 Å². The molecule has 0 aliphatic carbocycles. The average Bonchev–Trinajstić information content (AvgIpc) is 3.14. The third-order valence-corrected chi connectivity index (χ3v) is 4.79. The van der Waals surface area contributed by atoms with E-state index in [1.165, 1.54) is 6.26 Å². The molecule has 0 atom stereocenters. The van der Waals surface area contributed by atoms with Gasteiger partial charge in [-0.25, -0.2) is 0 Å². The Kier molecular flexibility index (Phi) is 5.48. The summed E-state index contributed by atoms with van der Waals surface area (Å²) in [7, 11) is 0. The van der Waals surface area contributed by atoms with E-state index in [0.717, 1.165) is 6.42 Å². The highest BCUT2D eigenvalue weighted by molar-refractivity contribution is 5.93. The molecule has 0 saturated carbocycles. The number of furan rings is 1. The number of fused-ring (bicyclic) bond motifs is 1. The van der Waals surface area contributed by atoms with E-state index in [0.29, 0.717) is 62.3 Å². The molecule has 1 aromatic carbocycles. The smallest absolute Gasteiger partial charge is 0.289 e. The highest BCUT2D eigenvalue weighted by Crippen LogP contribution is 2.32. The Bertz CT molecular complexity index is 828. The van der Waals surface area contributed by atoms with E-state index in [9.17, 15) is 9.59 Å². The van der Waals surface area contributed by atoms with Crippen LogP contribution in [0.5, 0.6) is 11.5 Å². The van der Waals surface area contributed by atoms with Crippen LogP contribution in [0.3, 0.4) is 0 Å². The average molecular weight is 385 g/mol. The number of ether oxygens (including phenoxy) is 2. The predicted molar refractivity (Wildman–Crippen MR) is 102 cm³/mol. The van der Waals surface area contributed by atoms with Crippen molar-refractivity contribution in [3.63, 3.8) is 0 Å². The van der Waals surface area contributed by atoms with Gasteiger partial charge in [-0.05, 0) is 24.3 Å². The standard InChI is InChI=1S/C20H23N3O5/c24-19(21-15-4-5-16-18(13-15)28-12-2-11-26-16)14-22-6-8-23(9-7-22)20(25)17-3-1-10-27-17/h1,3-5,10,13H,2,6-9,11-12,14H2,(H,21,24). The van der Waals surface area contributed by atoms with Crippen molar-refractivity contribution in [2.75, 3.05) is 51.3 Å². The third kappa shape index (κ3) is 4.28. The molecule has 1 aromatic heterocycles. The van der Waals surface area contributed by atoms with Gasteiger partial charge in [-0.1, -0.05) is 0 Å². The van der Waals surface area contributed by atoms with Gasteiger partial charge in [-0.2, -0.15) is 0 Å². The molecule has 4 rings (SSSR count). The monoisotopic (exact) mass is 385 g/mol. The Morgan fingerprint density at radius 3 is 2.54 bits per heavy atom. The topological polar surface area (TPSA) is 84.3 Å². The fraction of sp³-hybridized carbons (Fsp3) is 0.400. The minimum absolute atomic E-state index is 0.0969. The van der Waals surface area contributed by atoms with E-state index in [2.05, 4.69) is 5.32 Å². The third-order valence-electron chi connectivity index (χ3n) is 4.79. The number of carbonyl (C=O) groups excluding carboxylic acids is 2. The molecular weight excluding hydrogens is 362 g/mol. The maximum absolute atomic E-state index is 12.4. The number of benzene rings is 1. The minimum Gasteiger partial charge on any atom is -0.490 e. The summed E-state index contributed by atoms with van der Waals surface area (Å²) in [5, 5.41) is 2.90. The first kappa shape index (κ1) is 18.4. The van der Waals surface area contributed by atoms with Crippen molar-refractivity contribution in [1.29, 1.82) is 0 Å². The molecule has 3 heterocycles. The zero-order valence-electron chi connectivity index (χ0n) is 15.6. The molecule has 8 heteroatoms. The first-order valence-electron chi connectivity index (χ1n) is 9.44. The van der Waals surface area contributed by atoms with Gasteiger partial charge in [0.2, 0.25) is 5.91 Å². The minimum atomic E-state index is -0.110. The van der Waals surface area contributed by atoms with Gasteiger partial charge in [0.1, 0.15) is 0 Å². The van der Waals surface area contributed by atoms with Crippen LogP contribution in [-0.4, -0.2) is 67.6 Å². The zero-order valence-corrected chi connectivity index (χ0v) is 15.6. The summed E-state index contributed by atoms with van der Waals surface area (Å²) < 4.78 is 16.4. The first-order chi connectivity index (χ1) is 13.7. The molecule has 8 nitrogen and oxygen atoms in total. The normalized spacial score (nSPS) is 17.1. The molecule has 2 aliphatic rings. The molecule has 2 aliphatic heterocycles. The van der Waals surface area contributed by atoms with Gasteiger partial charge in [-0.3, -0.25) is 14.5 Å². The van der Waals surface area contributed by atoms with Crippen molar-refractivity contribution in [2.24, 2.45) is 0 Å². The van der Waals surface area contributed by atoms with E-state index < -0.39 is 0 Å². The second-order valence-electron chi connectivity index (χ2n) is 6.81. The van der Waals surface area contributed by atoms with E-state index >= 15 is 0 Å². The number of hydrogen-bond donors (Lipinski definition) is 1. The van der Waals surface area contributed by atoms with Crippen LogP contribution in [-0.2, 0) is 4.79 Å². The number of rotatable bonds is 4. The lowest BCUT2D eigenvalue weighted by molar-refractivity contribution is -0.117. The van der Waals surface area contributed by atoms with E-state index in [4.69, 9.17) is 13.9 Å². The summed E-state index contributed by atoms with van der Waals surface area (Å²) in [6.45, 7) is 3.92. The SMILES string of the molecule is O=C(CN1CCN(C(=O)c2ccco2)CC1)Nc1ccc2c(c1)OCCCO2. The largest absolute Gasteiger partial charge is 0.490 e. The van der Waals surface area contributed by atoms with Gasteiger partial charge in [0, 0.05) is 44.4 Å². The van der Waals surface area contributed by atoms with Crippen LogP contribution in [0.4, 0.5) is 5.69 Å². The Balaban J connectivity index is 1.27. The van der Waals surface area contributed by atoms with Crippen LogP contribution in [0, 0.1) is 0 Å². The summed E-state index contributed by atoms with van der Waals surface area (Å²) >= 11 is 0.